The van der Waals surface area contributed by atoms with Crippen molar-refractivity contribution in [2.45, 2.75) is 18.9 Å². The zero-order chi connectivity index (χ0) is 12.8. The molecule has 98 valence electrons. The van der Waals surface area contributed by atoms with Gasteiger partial charge in [0.25, 0.3) is 0 Å². The van der Waals surface area contributed by atoms with Crippen LogP contribution in [-0.2, 0) is 0 Å². The van der Waals surface area contributed by atoms with E-state index in [9.17, 15) is 0 Å². The Balaban J connectivity index is 2.13. The minimum absolute atomic E-state index is 0.333. The lowest BCUT2D eigenvalue weighted by molar-refractivity contribution is 0.414. The van der Waals surface area contributed by atoms with Gasteiger partial charge in [0.05, 0.1) is 25.0 Å². The van der Waals surface area contributed by atoms with Crippen LogP contribution in [0, 0.1) is 0 Å². The van der Waals surface area contributed by atoms with Gasteiger partial charge in [-0.1, -0.05) is 0 Å². The SMILES string of the molecule is COc1c2ccoc2c(C2CCCN2)c2ccoc12. The van der Waals surface area contributed by atoms with Crippen LogP contribution in [0.4, 0.5) is 0 Å². The number of methoxy groups -OCH3 is 1. The first-order chi connectivity index (χ1) is 9.40. The van der Waals surface area contributed by atoms with E-state index in [1.54, 1.807) is 19.6 Å². The summed E-state index contributed by atoms with van der Waals surface area (Å²) < 4.78 is 16.8. The molecule has 19 heavy (non-hydrogen) atoms. The molecule has 0 spiro atoms. The van der Waals surface area contributed by atoms with E-state index in [4.69, 9.17) is 13.6 Å². The van der Waals surface area contributed by atoms with Crippen LogP contribution in [0.15, 0.2) is 33.5 Å². The van der Waals surface area contributed by atoms with Crippen molar-refractivity contribution in [1.29, 1.82) is 0 Å². The van der Waals surface area contributed by atoms with Crippen molar-refractivity contribution in [1.82, 2.24) is 5.32 Å². The van der Waals surface area contributed by atoms with E-state index in [1.165, 1.54) is 12.0 Å². The van der Waals surface area contributed by atoms with Crippen LogP contribution in [0.25, 0.3) is 21.9 Å². The Bertz CT molecular complexity index is 683. The van der Waals surface area contributed by atoms with Gasteiger partial charge in [-0.3, -0.25) is 0 Å². The number of hydrogen-bond acceptors (Lipinski definition) is 4. The predicted molar refractivity (Wildman–Crippen MR) is 72.5 cm³/mol. The molecule has 0 bridgehead atoms. The van der Waals surface area contributed by atoms with Gasteiger partial charge >= 0.3 is 0 Å². The van der Waals surface area contributed by atoms with Gasteiger partial charge in [-0.25, -0.2) is 0 Å². The first kappa shape index (κ1) is 10.9. The fraction of sp³-hybridized carbons (Fsp3) is 0.333. The molecule has 0 amide bonds. The number of hydrogen-bond donors (Lipinski definition) is 1. The number of furan rings is 2. The van der Waals surface area contributed by atoms with Crippen molar-refractivity contribution < 1.29 is 13.6 Å². The Morgan fingerprint density at radius 3 is 2.68 bits per heavy atom. The fourth-order valence-corrected chi connectivity index (χ4v) is 3.12. The third kappa shape index (κ3) is 1.43. The van der Waals surface area contributed by atoms with Gasteiger partial charge in [0.15, 0.2) is 11.3 Å². The molecule has 3 aromatic rings. The predicted octanol–water partition coefficient (Wildman–Crippen LogP) is 3.61. The number of benzene rings is 1. The Morgan fingerprint density at radius 1 is 1.16 bits per heavy atom. The van der Waals surface area contributed by atoms with Crippen molar-refractivity contribution in [2.75, 3.05) is 13.7 Å². The zero-order valence-electron chi connectivity index (χ0n) is 10.7. The van der Waals surface area contributed by atoms with E-state index in [0.717, 1.165) is 40.7 Å². The quantitative estimate of drug-likeness (QED) is 0.761. The van der Waals surface area contributed by atoms with E-state index in [1.807, 2.05) is 12.1 Å². The number of ether oxygens (including phenoxy) is 1. The minimum atomic E-state index is 0.333. The van der Waals surface area contributed by atoms with Crippen LogP contribution >= 0.6 is 0 Å². The Kier molecular flexibility index (Phi) is 2.32. The first-order valence-electron chi connectivity index (χ1n) is 6.58. The molecule has 4 rings (SSSR count). The molecular weight excluding hydrogens is 242 g/mol. The van der Waals surface area contributed by atoms with Gasteiger partial charge < -0.3 is 18.9 Å². The van der Waals surface area contributed by atoms with E-state index >= 15 is 0 Å². The maximum Gasteiger partial charge on any atom is 0.176 e. The van der Waals surface area contributed by atoms with Crippen LogP contribution in [0.2, 0.25) is 0 Å². The van der Waals surface area contributed by atoms with E-state index in [2.05, 4.69) is 5.32 Å². The molecule has 0 saturated carbocycles. The third-order valence-electron chi connectivity index (χ3n) is 3.93. The summed E-state index contributed by atoms with van der Waals surface area (Å²) in [4.78, 5) is 0. The molecule has 4 nitrogen and oxygen atoms in total. The molecule has 4 heteroatoms. The molecule has 1 aliphatic heterocycles. The summed E-state index contributed by atoms with van der Waals surface area (Å²) in [5.41, 5.74) is 2.91. The van der Waals surface area contributed by atoms with Gasteiger partial charge in [0.1, 0.15) is 5.58 Å². The highest BCUT2D eigenvalue weighted by atomic mass is 16.5. The van der Waals surface area contributed by atoms with Gasteiger partial charge in [0, 0.05) is 17.0 Å². The molecule has 1 aromatic carbocycles. The van der Waals surface area contributed by atoms with Gasteiger partial charge in [-0.2, -0.15) is 0 Å². The molecule has 1 atom stereocenters. The molecule has 1 fully saturated rings. The summed E-state index contributed by atoms with van der Waals surface area (Å²) in [7, 11) is 1.66. The molecule has 1 unspecified atom stereocenters. The molecule has 0 aliphatic carbocycles. The van der Waals surface area contributed by atoms with E-state index in [0.29, 0.717) is 6.04 Å². The molecule has 1 aliphatic rings. The molecule has 0 radical (unpaired) electrons. The Morgan fingerprint density at radius 2 is 1.95 bits per heavy atom. The van der Waals surface area contributed by atoms with Crippen LogP contribution < -0.4 is 10.1 Å². The third-order valence-corrected chi connectivity index (χ3v) is 3.93. The molecule has 1 saturated heterocycles. The molecule has 1 N–H and O–H groups in total. The smallest absolute Gasteiger partial charge is 0.176 e. The average molecular weight is 257 g/mol. The van der Waals surface area contributed by atoms with Crippen LogP contribution in [-0.4, -0.2) is 13.7 Å². The van der Waals surface area contributed by atoms with Crippen molar-refractivity contribution in [3.63, 3.8) is 0 Å². The maximum atomic E-state index is 5.72. The van der Waals surface area contributed by atoms with Crippen molar-refractivity contribution >= 4 is 21.9 Å². The van der Waals surface area contributed by atoms with Crippen molar-refractivity contribution in [2.24, 2.45) is 0 Å². The number of rotatable bonds is 2. The van der Waals surface area contributed by atoms with Crippen LogP contribution in [0.3, 0.4) is 0 Å². The first-order valence-corrected chi connectivity index (χ1v) is 6.58. The second-order valence-corrected chi connectivity index (χ2v) is 4.92. The largest absolute Gasteiger partial charge is 0.492 e. The second kappa shape index (κ2) is 4.03. The highest BCUT2D eigenvalue weighted by Gasteiger charge is 2.26. The van der Waals surface area contributed by atoms with Crippen LogP contribution in [0.5, 0.6) is 5.75 Å². The van der Waals surface area contributed by atoms with E-state index in [-0.39, 0.29) is 0 Å². The molecule has 2 aromatic heterocycles. The molecular formula is C15H15NO3. The van der Waals surface area contributed by atoms with Gasteiger partial charge in [-0.05, 0) is 31.5 Å². The maximum absolute atomic E-state index is 5.72. The number of fused-ring (bicyclic) bond motifs is 2. The van der Waals surface area contributed by atoms with Crippen molar-refractivity contribution in [3.05, 3.63) is 30.2 Å². The summed E-state index contributed by atoms with van der Waals surface area (Å²) >= 11 is 0. The van der Waals surface area contributed by atoms with E-state index < -0.39 is 0 Å². The summed E-state index contributed by atoms with van der Waals surface area (Å²) in [6, 6.07) is 4.27. The zero-order valence-corrected chi connectivity index (χ0v) is 10.7. The molecule has 3 heterocycles. The monoisotopic (exact) mass is 257 g/mol. The summed E-state index contributed by atoms with van der Waals surface area (Å²) in [5, 5.41) is 5.59. The van der Waals surface area contributed by atoms with Crippen molar-refractivity contribution in [3.8, 4) is 5.75 Å². The normalized spacial score (nSPS) is 19.5. The average Bonchev–Trinajstić information content (AvgIpc) is 3.15. The lowest BCUT2D eigenvalue weighted by Crippen LogP contribution is -2.13. The topological polar surface area (TPSA) is 47.5 Å². The highest BCUT2D eigenvalue weighted by Crippen LogP contribution is 2.43. The Hall–Kier alpha value is -1.94. The second-order valence-electron chi connectivity index (χ2n) is 4.92. The van der Waals surface area contributed by atoms with Gasteiger partial charge in [0.2, 0.25) is 0 Å². The lowest BCUT2D eigenvalue weighted by Gasteiger charge is -2.14. The summed E-state index contributed by atoms with van der Waals surface area (Å²) in [5.74, 6) is 0.755. The summed E-state index contributed by atoms with van der Waals surface area (Å²) in [6.07, 6.45) is 5.75. The van der Waals surface area contributed by atoms with Gasteiger partial charge in [-0.15, -0.1) is 0 Å². The fourth-order valence-electron chi connectivity index (χ4n) is 3.12. The minimum Gasteiger partial charge on any atom is -0.492 e. The highest BCUT2D eigenvalue weighted by molar-refractivity contribution is 6.04. The Labute approximate surface area is 110 Å². The van der Waals surface area contributed by atoms with Crippen LogP contribution in [0.1, 0.15) is 24.4 Å². The number of nitrogens with one attached hydrogen (secondary N) is 1. The standard InChI is InChI=1S/C15H15NO3/c1-17-14-10-5-8-18-13(10)12(11-3-2-6-16-11)9-4-7-19-15(9)14/h4-5,7-8,11,16H,2-3,6H2,1H3. The summed E-state index contributed by atoms with van der Waals surface area (Å²) in [6.45, 7) is 1.05. The lowest BCUT2D eigenvalue weighted by atomic mass is 9.98.